The molecule has 0 unspecified atom stereocenters. The van der Waals surface area contributed by atoms with E-state index in [1.807, 2.05) is 53.1 Å². The van der Waals surface area contributed by atoms with Gasteiger partial charge in [-0.15, -0.1) is 10.2 Å². The largest absolute Gasteiger partial charge is 0.461 e. The van der Waals surface area contributed by atoms with E-state index in [1.54, 1.807) is 6.92 Å². The SMILES string of the molecule is CCCc1nc(C(=O)OCC)c(CO)n1Cc1ccc(-c2ccccc2-c2nn[nH]n2)cc1. The van der Waals surface area contributed by atoms with Crippen LogP contribution in [0.5, 0.6) is 0 Å². The van der Waals surface area contributed by atoms with E-state index in [-0.39, 0.29) is 18.9 Å². The molecule has 9 heteroatoms. The molecule has 2 N–H and O–H groups in total. The van der Waals surface area contributed by atoms with Crippen LogP contribution in [0.1, 0.15) is 47.8 Å². The van der Waals surface area contributed by atoms with E-state index >= 15 is 0 Å². The van der Waals surface area contributed by atoms with Gasteiger partial charge in [0.15, 0.2) is 5.69 Å². The number of aryl methyl sites for hydroxylation is 1. The number of nitrogens with zero attached hydrogens (tertiary/aromatic N) is 5. The number of carbonyl (C=O) groups excluding carboxylic acids is 1. The number of imidazole rings is 1. The Morgan fingerprint density at radius 2 is 1.85 bits per heavy atom. The van der Waals surface area contributed by atoms with Crippen LogP contribution in [0.3, 0.4) is 0 Å². The second-order valence-corrected chi connectivity index (χ2v) is 7.52. The van der Waals surface area contributed by atoms with Crippen LogP contribution in [0, 0.1) is 0 Å². The van der Waals surface area contributed by atoms with Gasteiger partial charge in [-0.1, -0.05) is 55.5 Å². The molecule has 0 aliphatic carbocycles. The molecule has 0 amide bonds. The minimum Gasteiger partial charge on any atom is -0.461 e. The maximum absolute atomic E-state index is 12.4. The zero-order chi connectivity index (χ0) is 23.2. The Labute approximate surface area is 191 Å². The first kappa shape index (κ1) is 22.3. The normalized spacial score (nSPS) is 11.0. The summed E-state index contributed by atoms with van der Waals surface area (Å²) in [5.74, 6) is 0.790. The van der Waals surface area contributed by atoms with Crippen molar-refractivity contribution in [1.82, 2.24) is 30.2 Å². The molecular weight excluding hydrogens is 420 g/mol. The third kappa shape index (κ3) is 4.68. The van der Waals surface area contributed by atoms with Crippen molar-refractivity contribution in [3.8, 4) is 22.5 Å². The summed E-state index contributed by atoms with van der Waals surface area (Å²) >= 11 is 0. The van der Waals surface area contributed by atoms with Gasteiger partial charge in [0.2, 0.25) is 5.82 Å². The summed E-state index contributed by atoms with van der Waals surface area (Å²) in [6, 6.07) is 16.0. The number of ether oxygens (including phenoxy) is 1. The average Bonchev–Trinajstić information content (AvgIpc) is 3.49. The molecule has 0 aliphatic heterocycles. The molecule has 33 heavy (non-hydrogen) atoms. The Morgan fingerprint density at radius 1 is 1.09 bits per heavy atom. The Morgan fingerprint density at radius 3 is 2.48 bits per heavy atom. The molecule has 0 aliphatic rings. The van der Waals surface area contributed by atoms with Gasteiger partial charge >= 0.3 is 5.97 Å². The van der Waals surface area contributed by atoms with Gasteiger partial charge in [0, 0.05) is 18.5 Å². The molecule has 4 rings (SSSR count). The van der Waals surface area contributed by atoms with Gasteiger partial charge in [0.25, 0.3) is 0 Å². The number of aromatic amines is 1. The Balaban J connectivity index is 1.65. The van der Waals surface area contributed by atoms with Crippen LogP contribution in [0.4, 0.5) is 0 Å². The molecule has 0 saturated carbocycles. The minimum atomic E-state index is -0.508. The highest BCUT2D eigenvalue weighted by Crippen LogP contribution is 2.30. The van der Waals surface area contributed by atoms with Gasteiger partial charge in [-0.05, 0) is 35.2 Å². The van der Waals surface area contributed by atoms with Crippen LogP contribution in [-0.2, 0) is 24.3 Å². The lowest BCUT2D eigenvalue weighted by Crippen LogP contribution is -2.12. The molecule has 9 nitrogen and oxygen atoms in total. The topological polar surface area (TPSA) is 119 Å². The van der Waals surface area contributed by atoms with E-state index in [0.717, 1.165) is 34.5 Å². The summed E-state index contributed by atoms with van der Waals surface area (Å²) in [6.45, 7) is 4.26. The molecule has 2 aromatic carbocycles. The van der Waals surface area contributed by atoms with E-state index < -0.39 is 5.97 Å². The van der Waals surface area contributed by atoms with E-state index in [1.165, 1.54) is 0 Å². The summed E-state index contributed by atoms with van der Waals surface area (Å²) in [5, 5.41) is 24.4. The van der Waals surface area contributed by atoms with Crippen molar-refractivity contribution in [3.05, 3.63) is 71.3 Å². The van der Waals surface area contributed by atoms with Crippen molar-refractivity contribution in [2.45, 2.75) is 39.8 Å². The van der Waals surface area contributed by atoms with E-state index in [2.05, 4.69) is 32.5 Å². The molecule has 0 saturated heterocycles. The number of aromatic nitrogens is 6. The van der Waals surface area contributed by atoms with Crippen LogP contribution < -0.4 is 0 Å². The molecule has 0 atom stereocenters. The van der Waals surface area contributed by atoms with Crippen molar-refractivity contribution in [2.24, 2.45) is 0 Å². The summed E-state index contributed by atoms with van der Waals surface area (Å²) in [4.78, 5) is 16.8. The van der Waals surface area contributed by atoms with Gasteiger partial charge in [-0.25, -0.2) is 9.78 Å². The zero-order valence-corrected chi connectivity index (χ0v) is 18.7. The highest BCUT2D eigenvalue weighted by atomic mass is 16.5. The highest BCUT2D eigenvalue weighted by Gasteiger charge is 2.22. The van der Waals surface area contributed by atoms with Crippen molar-refractivity contribution >= 4 is 5.97 Å². The molecule has 2 heterocycles. The highest BCUT2D eigenvalue weighted by molar-refractivity contribution is 5.88. The van der Waals surface area contributed by atoms with Crippen LogP contribution >= 0.6 is 0 Å². The van der Waals surface area contributed by atoms with Gasteiger partial charge in [0.1, 0.15) is 5.82 Å². The van der Waals surface area contributed by atoms with Crippen molar-refractivity contribution < 1.29 is 14.6 Å². The fourth-order valence-corrected chi connectivity index (χ4v) is 3.84. The lowest BCUT2D eigenvalue weighted by atomic mass is 9.98. The monoisotopic (exact) mass is 446 g/mol. The fourth-order valence-electron chi connectivity index (χ4n) is 3.84. The number of hydrogen-bond acceptors (Lipinski definition) is 7. The number of carbonyl (C=O) groups is 1. The molecule has 170 valence electrons. The number of aliphatic hydroxyl groups is 1. The van der Waals surface area contributed by atoms with Crippen molar-refractivity contribution in [2.75, 3.05) is 6.61 Å². The summed E-state index contributed by atoms with van der Waals surface area (Å²) in [7, 11) is 0. The number of benzene rings is 2. The van der Waals surface area contributed by atoms with Crippen molar-refractivity contribution in [1.29, 1.82) is 0 Å². The van der Waals surface area contributed by atoms with E-state index in [9.17, 15) is 9.90 Å². The molecule has 2 aromatic heterocycles. The predicted molar refractivity (Wildman–Crippen MR) is 122 cm³/mol. The number of nitrogens with one attached hydrogen (secondary N) is 1. The number of rotatable bonds is 9. The van der Waals surface area contributed by atoms with Gasteiger partial charge < -0.3 is 14.4 Å². The summed E-state index contributed by atoms with van der Waals surface area (Å²) in [6.07, 6.45) is 1.57. The number of esters is 1. The van der Waals surface area contributed by atoms with E-state index in [0.29, 0.717) is 24.5 Å². The second kappa shape index (κ2) is 10.2. The third-order valence-corrected chi connectivity index (χ3v) is 5.36. The molecule has 0 spiro atoms. The maximum atomic E-state index is 12.4. The molecule has 0 radical (unpaired) electrons. The maximum Gasteiger partial charge on any atom is 0.358 e. The van der Waals surface area contributed by atoms with Crippen LogP contribution in [-0.4, -0.2) is 47.9 Å². The molecule has 0 bridgehead atoms. The lowest BCUT2D eigenvalue weighted by molar-refractivity contribution is 0.0515. The number of aliphatic hydroxyl groups excluding tert-OH is 1. The van der Waals surface area contributed by atoms with Crippen LogP contribution in [0.2, 0.25) is 0 Å². The second-order valence-electron chi connectivity index (χ2n) is 7.52. The standard InChI is InChI=1S/C24H26N6O3/c1-3-7-21-25-22(24(32)33-4-2)20(15-31)30(21)14-16-10-12-17(13-11-16)18-8-5-6-9-19(18)23-26-28-29-27-23/h5-6,8-13,31H,3-4,7,14-15H2,1-2H3,(H,26,27,28,29). The molecule has 4 aromatic rings. The first-order chi connectivity index (χ1) is 16.2. The quantitative estimate of drug-likeness (QED) is 0.378. The number of hydrogen-bond donors (Lipinski definition) is 2. The smallest absolute Gasteiger partial charge is 0.358 e. The first-order valence-electron chi connectivity index (χ1n) is 10.9. The Kier molecular flexibility index (Phi) is 6.89. The fraction of sp³-hybridized carbons (Fsp3) is 0.292. The van der Waals surface area contributed by atoms with Crippen LogP contribution in [0.25, 0.3) is 22.5 Å². The van der Waals surface area contributed by atoms with Crippen LogP contribution in [0.15, 0.2) is 48.5 Å². The van der Waals surface area contributed by atoms with E-state index in [4.69, 9.17) is 4.74 Å². The predicted octanol–water partition coefficient (Wildman–Crippen LogP) is 3.40. The molecular formula is C24H26N6O3. The summed E-state index contributed by atoms with van der Waals surface area (Å²) in [5.41, 5.74) is 4.60. The molecule has 0 fully saturated rings. The Hall–Kier alpha value is -3.85. The zero-order valence-electron chi connectivity index (χ0n) is 18.7. The minimum absolute atomic E-state index is 0.188. The van der Waals surface area contributed by atoms with Gasteiger partial charge in [-0.2, -0.15) is 5.21 Å². The first-order valence-corrected chi connectivity index (χ1v) is 10.9. The van der Waals surface area contributed by atoms with Crippen molar-refractivity contribution in [3.63, 3.8) is 0 Å². The average molecular weight is 447 g/mol. The third-order valence-electron chi connectivity index (χ3n) is 5.36. The number of tetrazole rings is 1. The number of H-pyrrole nitrogens is 1. The lowest BCUT2D eigenvalue weighted by Gasteiger charge is -2.12. The van der Waals surface area contributed by atoms with Gasteiger partial charge in [0.05, 0.1) is 18.9 Å². The summed E-state index contributed by atoms with van der Waals surface area (Å²) < 4.78 is 7.05. The Bertz CT molecular complexity index is 1220. The van der Waals surface area contributed by atoms with Gasteiger partial charge in [-0.3, -0.25) is 0 Å².